The van der Waals surface area contributed by atoms with E-state index in [1.165, 1.54) is 0 Å². The molecule has 1 aromatic carbocycles. The van der Waals surface area contributed by atoms with Crippen molar-refractivity contribution in [1.82, 2.24) is 23.9 Å². The molecule has 3 aromatic heterocycles. The Labute approximate surface area is 164 Å². The van der Waals surface area contributed by atoms with Crippen LogP contribution >= 0.6 is 15.9 Å². The van der Waals surface area contributed by atoms with E-state index in [9.17, 15) is 4.79 Å². The fraction of sp³-hybridized carbons (Fsp3) is 0.316. The standard InChI is InChI=1S/C19H20BrN5O2/c1-11-17(12(2)24(22-11)7-8-27-4)25-18-14-9-13(20)5-6-15(14)21-10-16(18)23(3)19(25)26/h5-6,9-10H,7-8H2,1-4H3. The lowest BCUT2D eigenvalue weighted by molar-refractivity contribution is 0.182. The molecule has 7 nitrogen and oxygen atoms in total. The van der Waals surface area contributed by atoms with Crippen LogP contribution in [-0.4, -0.2) is 37.6 Å². The highest BCUT2D eigenvalue weighted by atomic mass is 79.9. The molecule has 140 valence electrons. The highest BCUT2D eigenvalue weighted by Gasteiger charge is 2.22. The Bertz CT molecular complexity index is 1230. The zero-order valence-corrected chi connectivity index (χ0v) is 17.2. The SMILES string of the molecule is COCCn1nc(C)c(-n2c(=O)n(C)c3cnc4ccc(Br)cc4c32)c1C. The number of methoxy groups -OCH3 is 1. The summed E-state index contributed by atoms with van der Waals surface area (Å²) in [5.41, 5.74) is 4.90. The fourth-order valence-electron chi connectivity index (χ4n) is 3.58. The smallest absolute Gasteiger partial charge is 0.333 e. The van der Waals surface area contributed by atoms with Crippen LogP contribution in [0.15, 0.2) is 33.7 Å². The zero-order chi connectivity index (χ0) is 19.3. The minimum Gasteiger partial charge on any atom is -0.383 e. The molecule has 4 aromatic rings. The summed E-state index contributed by atoms with van der Waals surface area (Å²) in [7, 11) is 3.44. The second-order valence-electron chi connectivity index (χ2n) is 6.57. The number of pyridine rings is 1. The van der Waals surface area contributed by atoms with Crippen molar-refractivity contribution in [1.29, 1.82) is 0 Å². The quantitative estimate of drug-likeness (QED) is 0.499. The highest BCUT2D eigenvalue weighted by Crippen LogP contribution is 2.29. The molecule has 0 unspecified atom stereocenters. The summed E-state index contributed by atoms with van der Waals surface area (Å²) in [5, 5.41) is 5.54. The monoisotopic (exact) mass is 429 g/mol. The number of nitrogens with zero attached hydrogens (tertiary/aromatic N) is 5. The molecule has 0 atom stereocenters. The number of rotatable bonds is 4. The van der Waals surface area contributed by atoms with Gasteiger partial charge in [0, 0.05) is 24.0 Å². The van der Waals surface area contributed by atoms with Gasteiger partial charge in [0.25, 0.3) is 0 Å². The van der Waals surface area contributed by atoms with Crippen molar-refractivity contribution in [3.8, 4) is 5.69 Å². The summed E-state index contributed by atoms with van der Waals surface area (Å²) in [6.45, 7) is 5.11. The molecule has 0 saturated heterocycles. The summed E-state index contributed by atoms with van der Waals surface area (Å²) >= 11 is 3.53. The normalized spacial score (nSPS) is 11.7. The Morgan fingerprint density at radius 2 is 2.04 bits per heavy atom. The van der Waals surface area contributed by atoms with Gasteiger partial charge in [0.2, 0.25) is 0 Å². The molecule has 0 N–H and O–H groups in total. The molecule has 0 aliphatic carbocycles. The molecule has 0 aliphatic heterocycles. The lowest BCUT2D eigenvalue weighted by atomic mass is 10.2. The minimum atomic E-state index is -0.114. The third-order valence-corrected chi connectivity index (χ3v) is 5.41. The van der Waals surface area contributed by atoms with Crippen LogP contribution in [0.1, 0.15) is 11.4 Å². The van der Waals surface area contributed by atoms with E-state index in [1.807, 2.05) is 36.7 Å². The van der Waals surface area contributed by atoms with Crippen molar-refractivity contribution >= 4 is 37.9 Å². The van der Waals surface area contributed by atoms with Crippen molar-refractivity contribution in [3.63, 3.8) is 0 Å². The largest absolute Gasteiger partial charge is 0.383 e. The van der Waals surface area contributed by atoms with E-state index in [4.69, 9.17) is 4.74 Å². The minimum absolute atomic E-state index is 0.114. The van der Waals surface area contributed by atoms with E-state index in [1.54, 1.807) is 29.5 Å². The van der Waals surface area contributed by atoms with Crippen LogP contribution in [0.4, 0.5) is 0 Å². The van der Waals surface area contributed by atoms with Crippen LogP contribution in [0, 0.1) is 13.8 Å². The van der Waals surface area contributed by atoms with Gasteiger partial charge >= 0.3 is 5.69 Å². The van der Waals surface area contributed by atoms with E-state index in [2.05, 4.69) is 26.0 Å². The number of hydrogen-bond donors (Lipinski definition) is 0. The first kappa shape index (κ1) is 17.9. The van der Waals surface area contributed by atoms with Crippen molar-refractivity contribution in [3.05, 3.63) is 50.7 Å². The Balaban J connectivity index is 2.11. The Hall–Kier alpha value is -2.45. The van der Waals surface area contributed by atoms with Gasteiger partial charge in [-0.1, -0.05) is 15.9 Å². The van der Waals surface area contributed by atoms with Gasteiger partial charge < -0.3 is 4.74 Å². The van der Waals surface area contributed by atoms with E-state index in [0.29, 0.717) is 13.2 Å². The Morgan fingerprint density at radius 1 is 1.26 bits per heavy atom. The first-order valence-electron chi connectivity index (χ1n) is 8.63. The number of fused-ring (bicyclic) bond motifs is 3. The molecule has 0 spiro atoms. The summed E-state index contributed by atoms with van der Waals surface area (Å²) in [5.74, 6) is 0. The molecule has 3 heterocycles. The molecule has 0 fully saturated rings. The van der Waals surface area contributed by atoms with Gasteiger partial charge in [-0.2, -0.15) is 5.10 Å². The predicted octanol–water partition coefficient (Wildman–Crippen LogP) is 3.10. The topological polar surface area (TPSA) is 66.9 Å². The van der Waals surface area contributed by atoms with Crippen LogP contribution in [0.3, 0.4) is 0 Å². The van der Waals surface area contributed by atoms with Gasteiger partial charge in [-0.15, -0.1) is 0 Å². The second kappa shape index (κ2) is 6.61. The summed E-state index contributed by atoms with van der Waals surface area (Å²) in [6, 6.07) is 5.90. The lowest BCUT2D eigenvalue weighted by Gasteiger charge is -2.08. The zero-order valence-electron chi connectivity index (χ0n) is 15.7. The van der Waals surface area contributed by atoms with E-state index >= 15 is 0 Å². The predicted molar refractivity (Wildman–Crippen MR) is 109 cm³/mol. The number of aryl methyl sites for hydroxylation is 2. The summed E-state index contributed by atoms with van der Waals surface area (Å²) in [6.07, 6.45) is 1.75. The Morgan fingerprint density at radius 3 is 2.78 bits per heavy atom. The van der Waals surface area contributed by atoms with Crippen LogP contribution in [0.5, 0.6) is 0 Å². The molecule has 27 heavy (non-hydrogen) atoms. The first-order valence-corrected chi connectivity index (χ1v) is 9.42. The average molecular weight is 430 g/mol. The number of hydrogen-bond acceptors (Lipinski definition) is 4. The van der Waals surface area contributed by atoms with Crippen LogP contribution in [-0.2, 0) is 18.3 Å². The maximum atomic E-state index is 13.2. The van der Waals surface area contributed by atoms with Gasteiger partial charge in [0.15, 0.2) is 0 Å². The van der Waals surface area contributed by atoms with Crippen molar-refractivity contribution in [2.24, 2.45) is 7.05 Å². The van der Waals surface area contributed by atoms with Crippen molar-refractivity contribution < 1.29 is 4.74 Å². The fourth-order valence-corrected chi connectivity index (χ4v) is 3.94. The van der Waals surface area contributed by atoms with Crippen LogP contribution < -0.4 is 5.69 Å². The van der Waals surface area contributed by atoms with E-state index < -0.39 is 0 Å². The summed E-state index contributed by atoms with van der Waals surface area (Å²) < 4.78 is 11.4. The van der Waals surface area contributed by atoms with Gasteiger partial charge in [-0.05, 0) is 32.0 Å². The van der Waals surface area contributed by atoms with Crippen LogP contribution in [0.25, 0.3) is 27.6 Å². The third kappa shape index (κ3) is 2.71. The number of aromatic nitrogens is 5. The van der Waals surface area contributed by atoms with Crippen molar-refractivity contribution in [2.75, 3.05) is 13.7 Å². The van der Waals surface area contributed by atoms with Gasteiger partial charge in [-0.3, -0.25) is 18.8 Å². The van der Waals surface area contributed by atoms with Crippen molar-refractivity contribution in [2.45, 2.75) is 20.4 Å². The lowest BCUT2D eigenvalue weighted by Crippen LogP contribution is -2.22. The maximum absolute atomic E-state index is 13.2. The molecule has 8 heteroatoms. The number of imidazole rings is 1. The molecule has 0 amide bonds. The Kier molecular flexibility index (Phi) is 4.39. The number of benzene rings is 1. The molecule has 4 rings (SSSR count). The second-order valence-corrected chi connectivity index (χ2v) is 7.48. The molecule has 0 bridgehead atoms. The number of halogens is 1. The first-order chi connectivity index (χ1) is 12.9. The number of ether oxygens (including phenoxy) is 1. The molecule has 0 radical (unpaired) electrons. The van der Waals surface area contributed by atoms with Gasteiger partial charge in [-0.25, -0.2) is 4.79 Å². The summed E-state index contributed by atoms with van der Waals surface area (Å²) in [4.78, 5) is 17.7. The third-order valence-electron chi connectivity index (χ3n) is 4.92. The molecular formula is C19H20BrN5O2. The van der Waals surface area contributed by atoms with E-state index in [-0.39, 0.29) is 5.69 Å². The average Bonchev–Trinajstić information content (AvgIpc) is 3.06. The maximum Gasteiger partial charge on any atom is 0.333 e. The van der Waals surface area contributed by atoms with E-state index in [0.717, 1.165) is 43.5 Å². The molecular weight excluding hydrogens is 410 g/mol. The molecule has 0 aliphatic rings. The molecule has 0 saturated carbocycles. The highest BCUT2D eigenvalue weighted by molar-refractivity contribution is 9.10. The van der Waals surface area contributed by atoms with Crippen LogP contribution in [0.2, 0.25) is 0 Å². The van der Waals surface area contributed by atoms with Gasteiger partial charge in [0.1, 0.15) is 0 Å². The van der Waals surface area contributed by atoms with Gasteiger partial charge in [0.05, 0.1) is 53.0 Å².